The molecule has 0 unspecified atom stereocenters. The lowest BCUT2D eigenvalue weighted by Gasteiger charge is -2.57. The Kier molecular flexibility index (Phi) is 4.21. The molecule has 0 atom stereocenters. The van der Waals surface area contributed by atoms with E-state index in [-0.39, 0.29) is 24.5 Å². The van der Waals surface area contributed by atoms with Crippen molar-refractivity contribution in [3.63, 3.8) is 0 Å². The number of aliphatic hydroxyl groups is 1. The van der Waals surface area contributed by atoms with Crippen molar-refractivity contribution in [2.24, 2.45) is 23.2 Å². The van der Waals surface area contributed by atoms with Crippen molar-refractivity contribution in [2.75, 3.05) is 19.7 Å². The molecule has 4 aliphatic rings. The minimum atomic E-state index is -2.53. The van der Waals surface area contributed by atoms with Crippen LogP contribution in [0.25, 0.3) is 0 Å². The topological polar surface area (TPSA) is 40.5 Å². The van der Waals surface area contributed by atoms with Gasteiger partial charge in [-0.1, -0.05) is 0 Å². The van der Waals surface area contributed by atoms with Crippen molar-refractivity contribution >= 4 is 5.91 Å². The van der Waals surface area contributed by atoms with E-state index in [0.29, 0.717) is 6.42 Å². The van der Waals surface area contributed by atoms with Gasteiger partial charge in [0.25, 0.3) is 6.43 Å². The zero-order valence-electron chi connectivity index (χ0n) is 12.4. The molecule has 5 heteroatoms. The Morgan fingerprint density at radius 1 is 1.14 bits per heavy atom. The Labute approximate surface area is 124 Å². The van der Waals surface area contributed by atoms with Gasteiger partial charge in [-0.15, -0.1) is 0 Å². The molecule has 0 radical (unpaired) electrons. The van der Waals surface area contributed by atoms with Crippen molar-refractivity contribution in [1.29, 1.82) is 0 Å². The highest BCUT2D eigenvalue weighted by Gasteiger charge is 2.51. The van der Waals surface area contributed by atoms with E-state index in [1.54, 1.807) is 0 Å². The van der Waals surface area contributed by atoms with Gasteiger partial charge in [-0.2, -0.15) is 0 Å². The SMILES string of the molecule is O=C(CC12CC3CC(CC(C3)C1)C2)N(CCO)CC(F)F. The Hall–Kier alpha value is -0.710. The van der Waals surface area contributed by atoms with Gasteiger partial charge in [0, 0.05) is 13.0 Å². The molecular weight excluding hydrogens is 276 g/mol. The maximum absolute atomic E-state index is 12.6. The third-order valence-electron chi connectivity index (χ3n) is 5.77. The van der Waals surface area contributed by atoms with Crippen LogP contribution in [0.2, 0.25) is 0 Å². The molecule has 21 heavy (non-hydrogen) atoms. The average molecular weight is 301 g/mol. The van der Waals surface area contributed by atoms with Crippen LogP contribution in [0.1, 0.15) is 44.9 Å². The number of halogens is 2. The van der Waals surface area contributed by atoms with Gasteiger partial charge in [0.15, 0.2) is 0 Å². The monoisotopic (exact) mass is 301 g/mol. The first-order valence-corrected chi connectivity index (χ1v) is 8.16. The molecular formula is C16H25F2NO2. The van der Waals surface area contributed by atoms with Crippen LogP contribution in [0, 0.1) is 23.2 Å². The smallest absolute Gasteiger partial charge is 0.255 e. The molecule has 0 heterocycles. The van der Waals surface area contributed by atoms with Crippen molar-refractivity contribution < 1.29 is 18.7 Å². The third-order valence-corrected chi connectivity index (χ3v) is 5.77. The van der Waals surface area contributed by atoms with Crippen LogP contribution in [0.15, 0.2) is 0 Å². The van der Waals surface area contributed by atoms with Gasteiger partial charge in [0.05, 0.1) is 13.2 Å². The van der Waals surface area contributed by atoms with Crippen molar-refractivity contribution in [1.82, 2.24) is 4.90 Å². The summed E-state index contributed by atoms with van der Waals surface area (Å²) in [5.74, 6) is 2.08. The fourth-order valence-electron chi connectivity index (χ4n) is 5.54. The molecule has 1 amide bonds. The first-order valence-electron chi connectivity index (χ1n) is 8.16. The zero-order chi connectivity index (χ0) is 15.0. The molecule has 120 valence electrons. The van der Waals surface area contributed by atoms with E-state index in [9.17, 15) is 13.6 Å². The van der Waals surface area contributed by atoms with E-state index in [1.165, 1.54) is 19.3 Å². The predicted octanol–water partition coefficient (Wildman–Crippen LogP) is 2.68. The number of hydrogen-bond acceptors (Lipinski definition) is 2. The van der Waals surface area contributed by atoms with Crippen LogP contribution < -0.4 is 0 Å². The maximum atomic E-state index is 12.6. The Bertz CT molecular complexity index is 364. The van der Waals surface area contributed by atoms with Gasteiger partial charge in [-0.3, -0.25) is 4.79 Å². The number of rotatable bonds is 6. The number of amides is 1. The highest BCUT2D eigenvalue weighted by Crippen LogP contribution is 2.61. The zero-order valence-corrected chi connectivity index (χ0v) is 12.4. The average Bonchev–Trinajstić information content (AvgIpc) is 2.35. The second kappa shape index (κ2) is 5.82. The molecule has 0 spiro atoms. The second-order valence-electron chi connectivity index (χ2n) is 7.55. The molecule has 0 saturated heterocycles. The lowest BCUT2D eigenvalue weighted by atomic mass is 9.49. The van der Waals surface area contributed by atoms with Crippen LogP contribution in [0.3, 0.4) is 0 Å². The van der Waals surface area contributed by atoms with E-state index < -0.39 is 13.0 Å². The minimum Gasteiger partial charge on any atom is -0.395 e. The minimum absolute atomic E-state index is 0.0234. The van der Waals surface area contributed by atoms with E-state index in [1.807, 2.05) is 0 Å². The van der Waals surface area contributed by atoms with E-state index in [2.05, 4.69) is 0 Å². The van der Waals surface area contributed by atoms with Crippen molar-refractivity contribution in [2.45, 2.75) is 51.4 Å². The summed E-state index contributed by atoms with van der Waals surface area (Å²) in [5, 5.41) is 8.99. The third kappa shape index (κ3) is 3.22. The lowest BCUT2D eigenvalue weighted by molar-refractivity contribution is -0.142. The fraction of sp³-hybridized carbons (Fsp3) is 0.938. The number of hydrogen-bond donors (Lipinski definition) is 1. The van der Waals surface area contributed by atoms with E-state index in [4.69, 9.17) is 5.11 Å². The number of alkyl halides is 2. The molecule has 4 saturated carbocycles. The number of aliphatic hydroxyl groups excluding tert-OH is 1. The summed E-state index contributed by atoms with van der Waals surface area (Å²) >= 11 is 0. The molecule has 0 aromatic heterocycles. The summed E-state index contributed by atoms with van der Waals surface area (Å²) < 4.78 is 25.2. The Balaban J connectivity index is 1.65. The van der Waals surface area contributed by atoms with Gasteiger partial charge in [0.1, 0.15) is 0 Å². The summed E-state index contributed by atoms with van der Waals surface area (Å²) in [6.45, 7) is -0.777. The first kappa shape index (κ1) is 15.2. The van der Waals surface area contributed by atoms with Crippen molar-refractivity contribution in [3.8, 4) is 0 Å². The van der Waals surface area contributed by atoms with Gasteiger partial charge >= 0.3 is 0 Å². The standard InChI is InChI=1S/C16H25F2NO2/c17-14(18)10-19(1-2-20)15(21)9-16-6-11-3-12(7-16)5-13(4-11)8-16/h11-14,20H,1-10H2. The van der Waals surface area contributed by atoms with Gasteiger partial charge in [-0.25, -0.2) is 8.78 Å². The van der Waals surface area contributed by atoms with Gasteiger partial charge in [-0.05, 0) is 61.7 Å². The molecule has 4 bridgehead atoms. The van der Waals surface area contributed by atoms with Crippen LogP contribution in [-0.2, 0) is 4.79 Å². The molecule has 1 N–H and O–H groups in total. The molecule has 0 aromatic carbocycles. The molecule has 3 nitrogen and oxygen atoms in total. The van der Waals surface area contributed by atoms with Crippen LogP contribution in [0.4, 0.5) is 8.78 Å². The molecule has 0 aromatic rings. The molecule has 4 aliphatic carbocycles. The number of carbonyl (C=O) groups is 1. The summed E-state index contributed by atoms with van der Waals surface area (Å²) in [6, 6.07) is 0. The molecule has 4 fully saturated rings. The largest absolute Gasteiger partial charge is 0.395 e. The van der Waals surface area contributed by atoms with Crippen LogP contribution >= 0.6 is 0 Å². The predicted molar refractivity (Wildman–Crippen MR) is 74.9 cm³/mol. The normalized spacial score (nSPS) is 37.2. The summed E-state index contributed by atoms with van der Waals surface area (Å²) in [4.78, 5) is 13.6. The summed E-state index contributed by atoms with van der Waals surface area (Å²) in [7, 11) is 0. The highest BCUT2D eigenvalue weighted by atomic mass is 19.3. The molecule has 0 aliphatic heterocycles. The molecule has 4 rings (SSSR count). The Morgan fingerprint density at radius 3 is 2.10 bits per heavy atom. The van der Waals surface area contributed by atoms with Gasteiger partial charge in [0.2, 0.25) is 5.91 Å². The first-order chi connectivity index (χ1) is 9.99. The summed E-state index contributed by atoms with van der Waals surface area (Å²) in [6.07, 6.45) is 5.12. The maximum Gasteiger partial charge on any atom is 0.255 e. The van der Waals surface area contributed by atoms with E-state index >= 15 is 0 Å². The van der Waals surface area contributed by atoms with Crippen molar-refractivity contribution in [3.05, 3.63) is 0 Å². The van der Waals surface area contributed by atoms with Crippen LogP contribution in [0.5, 0.6) is 0 Å². The number of carbonyl (C=O) groups excluding carboxylic acids is 1. The second-order valence-corrected chi connectivity index (χ2v) is 7.55. The van der Waals surface area contributed by atoms with E-state index in [0.717, 1.165) is 41.9 Å². The summed E-state index contributed by atoms with van der Waals surface area (Å²) in [5.41, 5.74) is 0.0711. The van der Waals surface area contributed by atoms with Crippen LogP contribution in [-0.4, -0.2) is 42.0 Å². The fourth-order valence-corrected chi connectivity index (χ4v) is 5.54. The van der Waals surface area contributed by atoms with Gasteiger partial charge < -0.3 is 10.0 Å². The quantitative estimate of drug-likeness (QED) is 0.819. The highest BCUT2D eigenvalue weighted by molar-refractivity contribution is 5.77. The number of nitrogens with zero attached hydrogens (tertiary/aromatic N) is 1. The Morgan fingerprint density at radius 2 is 1.67 bits per heavy atom. The lowest BCUT2D eigenvalue weighted by Crippen LogP contribution is -2.49.